The summed E-state index contributed by atoms with van der Waals surface area (Å²) in [6, 6.07) is 16.5. The number of halogens is 1. The molecule has 1 aliphatic heterocycles. The summed E-state index contributed by atoms with van der Waals surface area (Å²) in [5.74, 6) is 2.40. The molecule has 8 heteroatoms. The van der Waals surface area contributed by atoms with Crippen molar-refractivity contribution in [3.8, 4) is 11.5 Å². The van der Waals surface area contributed by atoms with Gasteiger partial charge in [-0.15, -0.1) is 24.0 Å². The van der Waals surface area contributed by atoms with Gasteiger partial charge in [0.25, 0.3) is 0 Å². The fourth-order valence-electron chi connectivity index (χ4n) is 3.72. The first-order valence-electron chi connectivity index (χ1n) is 10.9. The van der Waals surface area contributed by atoms with Gasteiger partial charge in [0, 0.05) is 37.9 Å². The monoisotopic (exact) mass is 561 g/mol. The van der Waals surface area contributed by atoms with Gasteiger partial charge in [0.05, 0.1) is 6.54 Å². The van der Waals surface area contributed by atoms with E-state index in [1.54, 1.807) is 13.2 Å². The fourth-order valence-corrected chi connectivity index (χ4v) is 3.72. The molecule has 0 aliphatic carbocycles. The van der Waals surface area contributed by atoms with Gasteiger partial charge in [-0.3, -0.25) is 9.67 Å². The Bertz CT molecular complexity index is 1070. The molecule has 2 aromatic carbocycles. The van der Waals surface area contributed by atoms with Crippen molar-refractivity contribution in [2.75, 3.05) is 26.8 Å². The lowest BCUT2D eigenvalue weighted by atomic mass is 9.84. The number of hydrogen-bond acceptors (Lipinski definition) is 4. The van der Waals surface area contributed by atoms with Gasteiger partial charge in [-0.2, -0.15) is 5.10 Å². The van der Waals surface area contributed by atoms with Crippen LogP contribution in [-0.4, -0.2) is 42.5 Å². The summed E-state index contributed by atoms with van der Waals surface area (Å²) in [5, 5.41) is 11.2. The quantitative estimate of drug-likeness (QED) is 0.260. The molecule has 1 aromatic heterocycles. The largest absolute Gasteiger partial charge is 0.486 e. The highest BCUT2D eigenvalue weighted by atomic mass is 127. The van der Waals surface area contributed by atoms with Crippen molar-refractivity contribution in [2.45, 2.75) is 32.4 Å². The summed E-state index contributed by atoms with van der Waals surface area (Å²) in [5.41, 5.74) is 3.52. The molecule has 1 aliphatic rings. The zero-order valence-corrected chi connectivity index (χ0v) is 21.7. The Kier molecular flexibility index (Phi) is 8.60. The Labute approximate surface area is 212 Å². The van der Waals surface area contributed by atoms with Crippen molar-refractivity contribution in [3.05, 3.63) is 77.6 Å². The number of benzene rings is 2. The highest BCUT2D eigenvalue weighted by Crippen LogP contribution is 2.34. The lowest BCUT2D eigenvalue weighted by molar-refractivity contribution is 0.171. The van der Waals surface area contributed by atoms with Gasteiger partial charge >= 0.3 is 0 Å². The minimum absolute atomic E-state index is 0. The van der Waals surface area contributed by atoms with E-state index >= 15 is 0 Å². The van der Waals surface area contributed by atoms with Crippen LogP contribution in [0.2, 0.25) is 0 Å². The number of aliphatic imine (C=N–C) groups is 1. The smallest absolute Gasteiger partial charge is 0.191 e. The number of nitrogens with one attached hydrogen (secondary N) is 2. The van der Waals surface area contributed by atoms with E-state index in [1.165, 1.54) is 16.7 Å². The highest BCUT2D eigenvalue weighted by Gasteiger charge is 2.24. The first-order valence-corrected chi connectivity index (χ1v) is 10.9. The predicted octanol–water partition coefficient (Wildman–Crippen LogP) is 3.96. The maximum atomic E-state index is 5.75. The Morgan fingerprint density at radius 1 is 1.03 bits per heavy atom. The summed E-state index contributed by atoms with van der Waals surface area (Å²) >= 11 is 0. The number of nitrogens with zero attached hydrogens (tertiary/aromatic N) is 3. The molecule has 2 heterocycles. The lowest BCUT2D eigenvalue weighted by Gasteiger charge is -2.28. The van der Waals surface area contributed by atoms with Gasteiger partial charge in [0.1, 0.15) is 13.2 Å². The van der Waals surface area contributed by atoms with Crippen molar-refractivity contribution in [2.24, 2.45) is 4.99 Å². The number of guanidine groups is 1. The molecule has 2 N–H and O–H groups in total. The number of rotatable bonds is 7. The van der Waals surface area contributed by atoms with Crippen LogP contribution in [0.3, 0.4) is 0 Å². The molecule has 4 rings (SSSR count). The molecule has 0 bridgehead atoms. The van der Waals surface area contributed by atoms with E-state index in [0.29, 0.717) is 19.8 Å². The Hall–Kier alpha value is -2.75. The number of hydrogen-bond donors (Lipinski definition) is 2. The van der Waals surface area contributed by atoms with E-state index in [-0.39, 0.29) is 29.4 Å². The summed E-state index contributed by atoms with van der Waals surface area (Å²) in [4.78, 5) is 4.41. The summed E-state index contributed by atoms with van der Waals surface area (Å²) < 4.78 is 13.3. The maximum Gasteiger partial charge on any atom is 0.191 e. The minimum Gasteiger partial charge on any atom is -0.486 e. The standard InChI is InChI=1S/C25H31N5O2.HI/c1-25(2,21-9-10-22-23(15-21)32-14-13-31-22)18-28-24(26-3)27-16-19-7-4-5-8-20(19)17-30-12-6-11-29-30;/h4-12,15H,13-14,16-18H2,1-3H3,(H2,26,27,28);1H. The average Bonchev–Trinajstić information content (AvgIpc) is 3.33. The van der Waals surface area contributed by atoms with Crippen LogP contribution < -0.4 is 20.1 Å². The zero-order chi connectivity index (χ0) is 22.4. The summed E-state index contributed by atoms with van der Waals surface area (Å²) in [6.07, 6.45) is 3.78. The predicted molar refractivity (Wildman–Crippen MR) is 142 cm³/mol. The Morgan fingerprint density at radius 2 is 1.79 bits per heavy atom. The molecule has 3 aromatic rings. The molecule has 0 saturated heterocycles. The van der Waals surface area contributed by atoms with Gasteiger partial charge in [-0.1, -0.05) is 44.2 Å². The molecule has 0 unspecified atom stereocenters. The third-order valence-corrected chi connectivity index (χ3v) is 5.70. The molecule has 176 valence electrons. The third-order valence-electron chi connectivity index (χ3n) is 5.70. The fraction of sp³-hybridized carbons (Fsp3) is 0.360. The van der Waals surface area contributed by atoms with Crippen LogP contribution in [0.5, 0.6) is 11.5 Å². The van der Waals surface area contributed by atoms with Crippen LogP contribution in [0, 0.1) is 0 Å². The molecule has 0 radical (unpaired) electrons. The van der Waals surface area contributed by atoms with E-state index in [0.717, 1.165) is 30.5 Å². The molecule has 0 fully saturated rings. The van der Waals surface area contributed by atoms with Gasteiger partial charge in [-0.05, 0) is 34.9 Å². The normalized spacial score (nSPS) is 13.2. The van der Waals surface area contributed by atoms with Crippen LogP contribution in [0.1, 0.15) is 30.5 Å². The van der Waals surface area contributed by atoms with Crippen LogP contribution in [0.15, 0.2) is 65.9 Å². The van der Waals surface area contributed by atoms with E-state index in [9.17, 15) is 0 Å². The second-order valence-electron chi connectivity index (χ2n) is 8.49. The first kappa shape index (κ1) is 24.9. The summed E-state index contributed by atoms with van der Waals surface area (Å²) in [7, 11) is 1.79. The molecule has 0 saturated carbocycles. The van der Waals surface area contributed by atoms with E-state index < -0.39 is 0 Å². The van der Waals surface area contributed by atoms with Gasteiger partial charge < -0.3 is 20.1 Å². The van der Waals surface area contributed by atoms with Crippen molar-refractivity contribution in [1.29, 1.82) is 0 Å². The van der Waals surface area contributed by atoms with Crippen molar-refractivity contribution in [3.63, 3.8) is 0 Å². The molecule has 7 nitrogen and oxygen atoms in total. The van der Waals surface area contributed by atoms with Crippen molar-refractivity contribution >= 4 is 29.9 Å². The van der Waals surface area contributed by atoms with E-state index in [2.05, 4.69) is 71.0 Å². The maximum absolute atomic E-state index is 5.75. The first-order chi connectivity index (χ1) is 15.5. The number of ether oxygens (including phenoxy) is 2. The molecular formula is C25H32IN5O2. The lowest BCUT2D eigenvalue weighted by Crippen LogP contribution is -2.43. The Morgan fingerprint density at radius 3 is 2.52 bits per heavy atom. The number of aromatic nitrogens is 2. The van der Waals surface area contributed by atoms with Gasteiger partial charge in [-0.25, -0.2) is 0 Å². The van der Waals surface area contributed by atoms with Crippen LogP contribution in [0.25, 0.3) is 0 Å². The van der Waals surface area contributed by atoms with Crippen LogP contribution in [0.4, 0.5) is 0 Å². The van der Waals surface area contributed by atoms with E-state index in [1.807, 2.05) is 23.0 Å². The van der Waals surface area contributed by atoms with Crippen LogP contribution in [-0.2, 0) is 18.5 Å². The minimum atomic E-state index is -0.120. The Balaban J connectivity index is 0.00000306. The average molecular weight is 561 g/mol. The van der Waals surface area contributed by atoms with Crippen molar-refractivity contribution in [1.82, 2.24) is 20.4 Å². The summed E-state index contributed by atoms with van der Waals surface area (Å²) in [6.45, 7) is 7.75. The molecule has 33 heavy (non-hydrogen) atoms. The third kappa shape index (κ3) is 6.40. The second kappa shape index (κ2) is 11.4. The zero-order valence-electron chi connectivity index (χ0n) is 19.4. The van der Waals surface area contributed by atoms with Gasteiger partial charge in [0.15, 0.2) is 17.5 Å². The van der Waals surface area contributed by atoms with Gasteiger partial charge in [0.2, 0.25) is 0 Å². The molecule has 0 amide bonds. The van der Waals surface area contributed by atoms with Crippen molar-refractivity contribution < 1.29 is 9.47 Å². The van der Waals surface area contributed by atoms with E-state index in [4.69, 9.17) is 9.47 Å². The molecular weight excluding hydrogens is 529 g/mol. The topological polar surface area (TPSA) is 72.7 Å². The van der Waals surface area contributed by atoms with Crippen LogP contribution >= 0.6 is 24.0 Å². The highest BCUT2D eigenvalue weighted by molar-refractivity contribution is 14.0. The molecule has 0 spiro atoms. The molecule has 0 atom stereocenters. The number of fused-ring (bicyclic) bond motifs is 1. The second-order valence-corrected chi connectivity index (χ2v) is 8.49. The SMILES string of the molecule is CN=C(NCc1ccccc1Cn1cccn1)NCC(C)(C)c1ccc2c(c1)OCCO2.I.